The molecule has 0 aliphatic carbocycles. The fourth-order valence-corrected chi connectivity index (χ4v) is 2.65. The molecule has 2 heterocycles. The van der Waals surface area contributed by atoms with Crippen LogP contribution in [-0.2, 0) is 4.74 Å². The molecule has 0 bridgehead atoms. The van der Waals surface area contributed by atoms with Crippen LogP contribution in [0.5, 0.6) is 0 Å². The quantitative estimate of drug-likeness (QED) is 0.917. The topological polar surface area (TPSA) is 50.3 Å². The number of hydrogen-bond acceptors (Lipinski definition) is 5. The highest BCUT2D eigenvalue weighted by Crippen LogP contribution is 2.28. The van der Waals surface area contributed by atoms with Crippen LogP contribution in [0.4, 0.5) is 11.6 Å². The van der Waals surface area contributed by atoms with E-state index in [1.54, 1.807) is 7.11 Å². The Kier molecular flexibility index (Phi) is 4.81. The van der Waals surface area contributed by atoms with Crippen LogP contribution in [-0.4, -0.2) is 43.3 Å². The van der Waals surface area contributed by atoms with E-state index < -0.39 is 0 Å². The van der Waals surface area contributed by atoms with Gasteiger partial charge in [0.2, 0.25) is 0 Å². The molecule has 0 spiro atoms. The summed E-state index contributed by atoms with van der Waals surface area (Å²) in [5.74, 6) is 3.20. The molecule has 0 saturated carbocycles. The zero-order valence-electron chi connectivity index (χ0n) is 13.2. The molecule has 1 atom stereocenters. The lowest BCUT2D eigenvalue weighted by Gasteiger charge is -2.34. The Balaban J connectivity index is 2.36. The van der Waals surface area contributed by atoms with Crippen molar-refractivity contribution in [1.29, 1.82) is 0 Å². The number of ether oxygens (including phenoxy) is 1. The van der Waals surface area contributed by atoms with Gasteiger partial charge in [0.25, 0.3) is 0 Å². The maximum Gasteiger partial charge on any atom is 0.137 e. The number of anilines is 2. The number of piperidine rings is 1. The minimum absolute atomic E-state index is 0.304. The Labute approximate surface area is 121 Å². The largest absolute Gasteiger partial charge is 0.380 e. The molecule has 1 aliphatic rings. The van der Waals surface area contributed by atoms with Crippen LogP contribution in [0.1, 0.15) is 44.0 Å². The zero-order chi connectivity index (χ0) is 14.7. The van der Waals surface area contributed by atoms with Crippen LogP contribution in [0, 0.1) is 6.92 Å². The van der Waals surface area contributed by atoms with E-state index >= 15 is 0 Å². The van der Waals surface area contributed by atoms with Gasteiger partial charge in [0.1, 0.15) is 17.5 Å². The van der Waals surface area contributed by atoms with E-state index in [2.05, 4.69) is 36.0 Å². The number of nitrogens with zero attached hydrogens (tertiary/aromatic N) is 3. The first kappa shape index (κ1) is 15.0. The van der Waals surface area contributed by atoms with Crippen LogP contribution in [0.15, 0.2) is 0 Å². The molecule has 1 saturated heterocycles. The summed E-state index contributed by atoms with van der Waals surface area (Å²) in [5.41, 5.74) is 1.12. The molecule has 5 heteroatoms. The van der Waals surface area contributed by atoms with E-state index in [9.17, 15) is 0 Å². The highest BCUT2D eigenvalue weighted by molar-refractivity contribution is 5.58. The van der Waals surface area contributed by atoms with Crippen molar-refractivity contribution in [3.63, 3.8) is 0 Å². The van der Waals surface area contributed by atoms with Gasteiger partial charge >= 0.3 is 0 Å². The Bertz CT molecular complexity index is 461. The van der Waals surface area contributed by atoms with E-state index in [0.717, 1.165) is 49.0 Å². The second-order valence-electron chi connectivity index (χ2n) is 5.73. The molecule has 0 radical (unpaired) electrons. The Hall–Kier alpha value is -1.36. The number of hydrogen-bond donors (Lipinski definition) is 1. The van der Waals surface area contributed by atoms with Crippen LogP contribution >= 0.6 is 0 Å². The fourth-order valence-electron chi connectivity index (χ4n) is 2.65. The van der Waals surface area contributed by atoms with Gasteiger partial charge in [-0.1, -0.05) is 13.8 Å². The first-order valence-electron chi connectivity index (χ1n) is 7.40. The van der Waals surface area contributed by atoms with Crippen LogP contribution < -0.4 is 10.2 Å². The number of methoxy groups -OCH3 is 1. The third-order valence-corrected chi connectivity index (χ3v) is 3.90. The predicted molar refractivity (Wildman–Crippen MR) is 82.6 cm³/mol. The molecule has 1 aliphatic heterocycles. The number of rotatable bonds is 4. The molecule has 0 amide bonds. The van der Waals surface area contributed by atoms with Crippen LogP contribution in [0.25, 0.3) is 0 Å². The van der Waals surface area contributed by atoms with E-state index in [1.165, 1.54) is 0 Å². The van der Waals surface area contributed by atoms with Crippen molar-refractivity contribution in [2.45, 2.75) is 45.6 Å². The third-order valence-electron chi connectivity index (χ3n) is 3.90. The van der Waals surface area contributed by atoms with Crippen molar-refractivity contribution in [2.75, 3.05) is 37.5 Å². The number of aromatic nitrogens is 2. The summed E-state index contributed by atoms with van der Waals surface area (Å²) in [6, 6.07) is 0. The smallest absolute Gasteiger partial charge is 0.137 e. The van der Waals surface area contributed by atoms with Crippen LogP contribution in [0.3, 0.4) is 0 Å². The number of nitrogens with one attached hydrogen (secondary N) is 1. The highest BCUT2D eigenvalue weighted by atomic mass is 16.5. The molecular formula is C15H26N4O. The van der Waals surface area contributed by atoms with Gasteiger partial charge in [0.05, 0.1) is 6.10 Å². The van der Waals surface area contributed by atoms with Crippen molar-refractivity contribution >= 4 is 11.6 Å². The molecule has 1 aromatic heterocycles. The average Bonchev–Trinajstić information content (AvgIpc) is 2.47. The second-order valence-corrected chi connectivity index (χ2v) is 5.73. The fraction of sp³-hybridized carbons (Fsp3) is 0.733. The molecule has 2 rings (SSSR count). The molecule has 1 N–H and O–H groups in total. The summed E-state index contributed by atoms with van der Waals surface area (Å²) in [5, 5.41) is 3.19. The van der Waals surface area contributed by atoms with Gasteiger partial charge in [-0.05, 0) is 19.8 Å². The maximum absolute atomic E-state index is 5.52. The van der Waals surface area contributed by atoms with Crippen LogP contribution in [0.2, 0.25) is 0 Å². The second kappa shape index (κ2) is 6.39. The summed E-state index contributed by atoms with van der Waals surface area (Å²) in [6.45, 7) is 8.29. The highest BCUT2D eigenvalue weighted by Gasteiger charge is 2.24. The van der Waals surface area contributed by atoms with Gasteiger partial charge in [0, 0.05) is 38.7 Å². The van der Waals surface area contributed by atoms with Crippen molar-refractivity contribution < 1.29 is 4.74 Å². The van der Waals surface area contributed by atoms with Crippen molar-refractivity contribution in [3.8, 4) is 0 Å². The van der Waals surface area contributed by atoms with E-state index in [0.29, 0.717) is 12.0 Å². The molecule has 1 fully saturated rings. The minimum atomic E-state index is 0.304. The van der Waals surface area contributed by atoms with Gasteiger partial charge in [-0.15, -0.1) is 0 Å². The molecule has 1 unspecified atom stereocenters. The van der Waals surface area contributed by atoms with Gasteiger partial charge in [-0.25, -0.2) is 9.97 Å². The van der Waals surface area contributed by atoms with Gasteiger partial charge in [0.15, 0.2) is 0 Å². The average molecular weight is 278 g/mol. The summed E-state index contributed by atoms with van der Waals surface area (Å²) in [7, 11) is 3.71. The van der Waals surface area contributed by atoms with E-state index in [4.69, 9.17) is 9.72 Å². The monoisotopic (exact) mass is 278 g/mol. The lowest BCUT2D eigenvalue weighted by Crippen LogP contribution is -2.40. The van der Waals surface area contributed by atoms with Crippen molar-refractivity contribution in [1.82, 2.24) is 9.97 Å². The first-order chi connectivity index (χ1) is 9.56. The molecule has 112 valence electrons. The molecule has 5 nitrogen and oxygen atoms in total. The Morgan fingerprint density at radius 1 is 1.35 bits per heavy atom. The minimum Gasteiger partial charge on any atom is -0.380 e. The Morgan fingerprint density at radius 2 is 2.10 bits per heavy atom. The summed E-state index contributed by atoms with van der Waals surface area (Å²) in [6.07, 6.45) is 2.58. The first-order valence-corrected chi connectivity index (χ1v) is 7.40. The maximum atomic E-state index is 5.52. The summed E-state index contributed by atoms with van der Waals surface area (Å²) < 4.78 is 5.52. The zero-order valence-corrected chi connectivity index (χ0v) is 13.2. The lowest BCUT2D eigenvalue weighted by molar-refractivity contribution is 0.0891. The van der Waals surface area contributed by atoms with Crippen molar-refractivity contribution in [3.05, 3.63) is 11.4 Å². The molecular weight excluding hydrogens is 252 g/mol. The summed E-state index contributed by atoms with van der Waals surface area (Å²) in [4.78, 5) is 11.7. The predicted octanol–water partition coefficient (Wildman–Crippen LogP) is 2.57. The normalized spacial score (nSPS) is 19.5. The van der Waals surface area contributed by atoms with E-state index in [1.807, 2.05) is 7.05 Å². The standard InChI is InChI=1S/C15H26N4O/c1-10(2)13-17-14(16-4)11(3)15(18-13)19-8-6-7-12(9-19)20-5/h10,12H,6-9H2,1-5H3,(H,16,17,18). The molecule has 20 heavy (non-hydrogen) atoms. The molecule has 1 aromatic rings. The Morgan fingerprint density at radius 3 is 2.70 bits per heavy atom. The van der Waals surface area contributed by atoms with Gasteiger partial charge in [-0.2, -0.15) is 0 Å². The van der Waals surface area contributed by atoms with Gasteiger partial charge < -0.3 is 15.0 Å². The summed E-state index contributed by atoms with van der Waals surface area (Å²) >= 11 is 0. The van der Waals surface area contributed by atoms with Gasteiger partial charge in [-0.3, -0.25) is 0 Å². The third kappa shape index (κ3) is 3.03. The molecule has 0 aromatic carbocycles. The SMILES string of the molecule is CNc1nc(C(C)C)nc(N2CCCC(OC)C2)c1C. The van der Waals surface area contributed by atoms with E-state index in [-0.39, 0.29) is 0 Å². The van der Waals surface area contributed by atoms with Crippen molar-refractivity contribution in [2.24, 2.45) is 0 Å². The lowest BCUT2D eigenvalue weighted by atomic mass is 10.1.